The van der Waals surface area contributed by atoms with Gasteiger partial charge in [-0.15, -0.1) is 0 Å². The minimum atomic E-state index is -1.34. The molecule has 1 N–H and O–H groups in total. The maximum atomic E-state index is 10.3. The quantitative estimate of drug-likeness (QED) is 0.394. The van der Waals surface area contributed by atoms with Gasteiger partial charge in [0.25, 0.3) is 0 Å². The molecule has 0 radical (unpaired) electrons. The monoisotopic (exact) mass is 206 g/mol. The highest BCUT2D eigenvalue weighted by atomic mass is 16.7. The summed E-state index contributed by atoms with van der Waals surface area (Å²) >= 11 is 0. The standard InChI is InChI=1S/C8H14O6/c1-12-5-7(6(11)3-9)14-8(4-10)13-2/h3-4,6-8,11H,5H2,1-2H3/t6?,7?,8-/m0/s1. The number of hydrogen-bond donors (Lipinski definition) is 1. The highest BCUT2D eigenvalue weighted by Crippen LogP contribution is 2.02. The van der Waals surface area contributed by atoms with Crippen LogP contribution in [-0.2, 0) is 23.8 Å². The first-order valence-electron chi connectivity index (χ1n) is 3.95. The topological polar surface area (TPSA) is 82.1 Å². The van der Waals surface area contributed by atoms with Gasteiger partial charge in [0.1, 0.15) is 12.2 Å². The molecule has 0 saturated heterocycles. The number of hydrogen-bond acceptors (Lipinski definition) is 6. The molecule has 0 heterocycles. The van der Waals surface area contributed by atoms with Crippen molar-refractivity contribution in [1.82, 2.24) is 0 Å². The molecular formula is C8H14O6. The lowest BCUT2D eigenvalue weighted by molar-refractivity contribution is -0.186. The van der Waals surface area contributed by atoms with Gasteiger partial charge in [-0.3, -0.25) is 4.79 Å². The largest absolute Gasteiger partial charge is 0.383 e. The summed E-state index contributed by atoms with van der Waals surface area (Å²) in [5.41, 5.74) is 0. The summed E-state index contributed by atoms with van der Waals surface area (Å²) in [6.07, 6.45) is -2.63. The molecule has 2 unspecified atom stereocenters. The number of aliphatic hydroxyl groups is 1. The zero-order valence-corrected chi connectivity index (χ0v) is 8.08. The SMILES string of the molecule is COCC(O[C@@H](C=O)OC)C(O)C=O. The first-order chi connectivity index (χ1) is 6.69. The lowest BCUT2D eigenvalue weighted by Crippen LogP contribution is -2.38. The van der Waals surface area contributed by atoms with Crippen LogP contribution < -0.4 is 0 Å². The molecule has 0 bridgehead atoms. The molecule has 14 heavy (non-hydrogen) atoms. The highest BCUT2D eigenvalue weighted by molar-refractivity contribution is 5.57. The molecule has 0 rings (SSSR count). The van der Waals surface area contributed by atoms with Crippen molar-refractivity contribution < 1.29 is 28.9 Å². The fraction of sp³-hybridized carbons (Fsp3) is 0.750. The third kappa shape index (κ3) is 4.43. The van der Waals surface area contributed by atoms with Gasteiger partial charge in [-0.2, -0.15) is 0 Å². The van der Waals surface area contributed by atoms with Crippen LogP contribution in [0.15, 0.2) is 0 Å². The Bertz CT molecular complexity index is 165. The molecule has 0 aliphatic heterocycles. The van der Waals surface area contributed by atoms with Gasteiger partial charge < -0.3 is 24.1 Å². The molecule has 6 nitrogen and oxygen atoms in total. The van der Waals surface area contributed by atoms with Crippen LogP contribution >= 0.6 is 0 Å². The minimum absolute atomic E-state index is 0.00634. The summed E-state index contributed by atoms with van der Waals surface area (Å²) in [4.78, 5) is 20.6. The van der Waals surface area contributed by atoms with Crippen LogP contribution in [0.1, 0.15) is 0 Å². The average molecular weight is 206 g/mol. The molecule has 0 aliphatic carbocycles. The van der Waals surface area contributed by atoms with E-state index in [4.69, 9.17) is 14.6 Å². The molecule has 6 heteroatoms. The van der Waals surface area contributed by atoms with Crippen molar-refractivity contribution in [3.63, 3.8) is 0 Å². The van der Waals surface area contributed by atoms with Crippen molar-refractivity contribution in [1.29, 1.82) is 0 Å². The van der Waals surface area contributed by atoms with Gasteiger partial charge in [-0.05, 0) is 0 Å². The van der Waals surface area contributed by atoms with Gasteiger partial charge in [-0.1, -0.05) is 0 Å². The number of methoxy groups -OCH3 is 2. The van der Waals surface area contributed by atoms with Crippen molar-refractivity contribution in [2.75, 3.05) is 20.8 Å². The molecular weight excluding hydrogens is 192 g/mol. The number of ether oxygens (including phenoxy) is 3. The molecule has 0 saturated carbocycles. The van der Waals surface area contributed by atoms with Crippen LogP contribution in [0.3, 0.4) is 0 Å². The first-order valence-corrected chi connectivity index (χ1v) is 3.95. The van der Waals surface area contributed by atoms with Gasteiger partial charge in [0.05, 0.1) is 6.61 Å². The molecule has 0 spiro atoms. The lowest BCUT2D eigenvalue weighted by atomic mass is 10.2. The van der Waals surface area contributed by atoms with Crippen LogP contribution in [0.25, 0.3) is 0 Å². The molecule has 0 aliphatic rings. The lowest BCUT2D eigenvalue weighted by Gasteiger charge is -2.21. The number of rotatable bonds is 8. The van der Waals surface area contributed by atoms with E-state index in [-0.39, 0.29) is 6.61 Å². The van der Waals surface area contributed by atoms with Crippen molar-refractivity contribution in [2.24, 2.45) is 0 Å². The van der Waals surface area contributed by atoms with Gasteiger partial charge in [-0.25, -0.2) is 0 Å². The Labute approximate surface area is 81.8 Å². The molecule has 0 aromatic heterocycles. The van der Waals surface area contributed by atoms with E-state index in [0.717, 1.165) is 0 Å². The zero-order chi connectivity index (χ0) is 11.0. The van der Waals surface area contributed by atoms with Crippen molar-refractivity contribution in [3.05, 3.63) is 0 Å². The second-order valence-corrected chi connectivity index (χ2v) is 2.50. The zero-order valence-electron chi connectivity index (χ0n) is 8.08. The normalized spacial score (nSPS) is 17.1. The van der Waals surface area contributed by atoms with E-state index in [0.29, 0.717) is 12.6 Å². The fourth-order valence-corrected chi connectivity index (χ4v) is 0.786. The third-order valence-electron chi connectivity index (χ3n) is 1.50. The second-order valence-electron chi connectivity index (χ2n) is 2.50. The van der Waals surface area contributed by atoms with E-state index in [2.05, 4.69) is 4.74 Å². The molecule has 3 atom stereocenters. The number of carbonyl (C=O) groups excluding carboxylic acids is 2. The van der Waals surface area contributed by atoms with E-state index in [1.165, 1.54) is 14.2 Å². The Hall–Kier alpha value is -0.820. The van der Waals surface area contributed by atoms with E-state index in [1.807, 2.05) is 0 Å². The predicted molar refractivity (Wildman–Crippen MR) is 45.7 cm³/mol. The van der Waals surface area contributed by atoms with Gasteiger partial charge in [0.15, 0.2) is 12.6 Å². The average Bonchev–Trinajstić information content (AvgIpc) is 2.23. The molecule has 82 valence electrons. The molecule has 0 aromatic rings. The third-order valence-corrected chi connectivity index (χ3v) is 1.50. The summed E-state index contributed by atoms with van der Waals surface area (Å²) in [5.74, 6) is 0. The van der Waals surface area contributed by atoms with Crippen LogP contribution in [0, 0.1) is 0 Å². The van der Waals surface area contributed by atoms with E-state index < -0.39 is 18.5 Å². The molecule has 0 amide bonds. The van der Waals surface area contributed by atoms with Crippen LogP contribution in [-0.4, -0.2) is 57.0 Å². The number of carbonyl (C=O) groups is 2. The fourth-order valence-electron chi connectivity index (χ4n) is 0.786. The molecule has 0 fully saturated rings. The Morgan fingerprint density at radius 1 is 1.29 bits per heavy atom. The maximum absolute atomic E-state index is 10.3. The van der Waals surface area contributed by atoms with Crippen molar-refractivity contribution in [2.45, 2.75) is 18.5 Å². The minimum Gasteiger partial charge on any atom is -0.383 e. The Balaban J connectivity index is 4.18. The summed E-state index contributed by atoms with van der Waals surface area (Å²) in [7, 11) is 2.66. The van der Waals surface area contributed by atoms with Gasteiger partial charge >= 0.3 is 0 Å². The van der Waals surface area contributed by atoms with E-state index >= 15 is 0 Å². The van der Waals surface area contributed by atoms with Gasteiger partial charge in [0, 0.05) is 14.2 Å². The Morgan fingerprint density at radius 3 is 2.29 bits per heavy atom. The van der Waals surface area contributed by atoms with Crippen LogP contribution in [0.5, 0.6) is 0 Å². The Morgan fingerprint density at radius 2 is 1.93 bits per heavy atom. The number of aldehydes is 2. The summed E-state index contributed by atoms with van der Waals surface area (Å²) < 4.78 is 14.2. The van der Waals surface area contributed by atoms with Crippen molar-refractivity contribution >= 4 is 12.6 Å². The highest BCUT2D eigenvalue weighted by Gasteiger charge is 2.23. The Kier molecular flexibility index (Phi) is 7.13. The van der Waals surface area contributed by atoms with E-state index in [1.54, 1.807) is 0 Å². The smallest absolute Gasteiger partial charge is 0.214 e. The van der Waals surface area contributed by atoms with E-state index in [9.17, 15) is 9.59 Å². The first kappa shape index (κ1) is 13.2. The predicted octanol–water partition coefficient (Wildman–Crippen LogP) is -1.25. The maximum Gasteiger partial charge on any atom is 0.214 e. The second kappa shape index (κ2) is 7.57. The van der Waals surface area contributed by atoms with Crippen molar-refractivity contribution in [3.8, 4) is 0 Å². The number of aliphatic hydroxyl groups excluding tert-OH is 1. The summed E-state index contributed by atoms with van der Waals surface area (Å²) in [6.45, 7) is -0.00634. The van der Waals surface area contributed by atoms with Gasteiger partial charge in [0.2, 0.25) is 6.29 Å². The summed E-state index contributed by atoms with van der Waals surface area (Å²) in [5, 5.41) is 9.14. The van der Waals surface area contributed by atoms with Crippen LogP contribution in [0.4, 0.5) is 0 Å². The summed E-state index contributed by atoms with van der Waals surface area (Å²) in [6, 6.07) is 0. The molecule has 0 aromatic carbocycles. The van der Waals surface area contributed by atoms with Crippen LogP contribution in [0.2, 0.25) is 0 Å².